The maximum atomic E-state index is 11.9. The van der Waals surface area contributed by atoms with Crippen molar-refractivity contribution in [1.82, 2.24) is 9.78 Å². The fourth-order valence-corrected chi connectivity index (χ4v) is 1.93. The summed E-state index contributed by atoms with van der Waals surface area (Å²) in [4.78, 5) is 22.9. The SMILES string of the molecule is COC(=O)C(Cn1ccc(C(N)=O)n1)c1ccccc1. The highest BCUT2D eigenvalue weighted by Crippen LogP contribution is 2.19. The zero-order valence-corrected chi connectivity index (χ0v) is 11.0. The standard InChI is InChI=1S/C14H15N3O3/c1-20-14(19)11(10-5-3-2-4-6-10)9-17-8-7-12(16-17)13(15)18/h2-8,11H,9H2,1H3,(H2,15,18). The van der Waals surface area contributed by atoms with Crippen LogP contribution in [0, 0.1) is 0 Å². The number of nitrogens with two attached hydrogens (primary N) is 1. The summed E-state index contributed by atoms with van der Waals surface area (Å²) in [6.07, 6.45) is 1.61. The lowest BCUT2D eigenvalue weighted by Gasteiger charge is -2.15. The Balaban J connectivity index is 2.24. The lowest BCUT2D eigenvalue weighted by atomic mass is 9.99. The summed E-state index contributed by atoms with van der Waals surface area (Å²) < 4.78 is 6.33. The quantitative estimate of drug-likeness (QED) is 0.821. The number of aromatic nitrogens is 2. The summed E-state index contributed by atoms with van der Waals surface area (Å²) in [7, 11) is 1.34. The van der Waals surface area contributed by atoms with Gasteiger partial charge in [0.25, 0.3) is 5.91 Å². The normalized spacial score (nSPS) is 11.8. The van der Waals surface area contributed by atoms with Gasteiger partial charge >= 0.3 is 5.97 Å². The van der Waals surface area contributed by atoms with Crippen molar-refractivity contribution in [2.75, 3.05) is 7.11 Å². The predicted octanol–water partition coefficient (Wildman–Crippen LogP) is 0.939. The van der Waals surface area contributed by atoms with Gasteiger partial charge in [0.2, 0.25) is 0 Å². The molecule has 1 heterocycles. The molecule has 104 valence electrons. The Morgan fingerprint density at radius 1 is 1.30 bits per heavy atom. The molecule has 2 aromatic rings. The van der Waals surface area contributed by atoms with Crippen molar-refractivity contribution in [3.05, 3.63) is 53.9 Å². The molecule has 0 radical (unpaired) electrons. The van der Waals surface area contributed by atoms with Gasteiger partial charge in [-0.1, -0.05) is 30.3 Å². The molecule has 1 amide bonds. The van der Waals surface area contributed by atoms with E-state index in [0.717, 1.165) is 5.56 Å². The van der Waals surface area contributed by atoms with Crippen LogP contribution in [0.15, 0.2) is 42.6 Å². The van der Waals surface area contributed by atoms with Gasteiger partial charge in [0.1, 0.15) is 11.6 Å². The Kier molecular flexibility index (Phi) is 4.14. The van der Waals surface area contributed by atoms with E-state index >= 15 is 0 Å². The second-order valence-electron chi connectivity index (χ2n) is 4.27. The van der Waals surface area contributed by atoms with Gasteiger partial charge in [-0.2, -0.15) is 5.10 Å². The molecule has 1 aromatic carbocycles. The van der Waals surface area contributed by atoms with Crippen molar-refractivity contribution in [3.63, 3.8) is 0 Å². The van der Waals surface area contributed by atoms with E-state index in [-0.39, 0.29) is 18.2 Å². The number of carbonyl (C=O) groups excluding carboxylic acids is 2. The largest absolute Gasteiger partial charge is 0.468 e. The average Bonchev–Trinajstić information content (AvgIpc) is 2.94. The molecule has 0 aliphatic rings. The number of esters is 1. The minimum Gasteiger partial charge on any atom is -0.468 e. The van der Waals surface area contributed by atoms with Crippen molar-refractivity contribution in [1.29, 1.82) is 0 Å². The maximum absolute atomic E-state index is 11.9. The zero-order valence-electron chi connectivity index (χ0n) is 11.0. The lowest BCUT2D eigenvalue weighted by molar-refractivity contribution is -0.142. The molecule has 0 fully saturated rings. The molecule has 1 atom stereocenters. The number of primary amides is 1. The first-order valence-corrected chi connectivity index (χ1v) is 6.08. The van der Waals surface area contributed by atoms with Crippen LogP contribution in [0.2, 0.25) is 0 Å². The molecule has 6 nitrogen and oxygen atoms in total. The molecule has 0 aliphatic heterocycles. The van der Waals surface area contributed by atoms with E-state index in [1.165, 1.54) is 17.9 Å². The van der Waals surface area contributed by atoms with Crippen LogP contribution in [0.25, 0.3) is 0 Å². The lowest BCUT2D eigenvalue weighted by Crippen LogP contribution is -2.21. The Labute approximate surface area is 116 Å². The van der Waals surface area contributed by atoms with Crippen molar-refractivity contribution < 1.29 is 14.3 Å². The van der Waals surface area contributed by atoms with Crippen LogP contribution in [-0.4, -0.2) is 28.8 Å². The summed E-state index contributed by atoms with van der Waals surface area (Å²) in [5.74, 6) is -1.44. The molecule has 1 unspecified atom stereocenters. The van der Waals surface area contributed by atoms with Gasteiger partial charge in [-0.25, -0.2) is 0 Å². The van der Waals surface area contributed by atoms with Crippen molar-refractivity contribution in [3.8, 4) is 0 Å². The summed E-state index contributed by atoms with van der Waals surface area (Å²) in [6.45, 7) is 0.282. The Morgan fingerprint density at radius 2 is 2.00 bits per heavy atom. The smallest absolute Gasteiger partial charge is 0.315 e. The Hall–Kier alpha value is -2.63. The van der Waals surface area contributed by atoms with Gasteiger partial charge in [-0.05, 0) is 11.6 Å². The molecule has 0 saturated heterocycles. The molecule has 20 heavy (non-hydrogen) atoms. The molecule has 0 aliphatic carbocycles. The van der Waals surface area contributed by atoms with Crippen molar-refractivity contribution in [2.24, 2.45) is 5.73 Å². The molecule has 1 aromatic heterocycles. The van der Waals surface area contributed by atoms with Gasteiger partial charge in [-0.15, -0.1) is 0 Å². The number of nitrogens with zero attached hydrogens (tertiary/aromatic N) is 2. The highest BCUT2D eigenvalue weighted by atomic mass is 16.5. The van der Waals surface area contributed by atoms with Gasteiger partial charge < -0.3 is 10.5 Å². The second kappa shape index (κ2) is 6.01. The predicted molar refractivity (Wildman–Crippen MR) is 71.9 cm³/mol. The summed E-state index contributed by atoms with van der Waals surface area (Å²) in [5, 5.41) is 4.03. The van der Waals surface area contributed by atoms with E-state index in [9.17, 15) is 9.59 Å². The van der Waals surface area contributed by atoms with Crippen molar-refractivity contribution in [2.45, 2.75) is 12.5 Å². The van der Waals surface area contributed by atoms with Crippen LogP contribution in [0.4, 0.5) is 0 Å². The van der Waals surface area contributed by atoms with Crippen LogP contribution < -0.4 is 5.73 Å². The molecular weight excluding hydrogens is 258 g/mol. The van der Waals surface area contributed by atoms with Crippen LogP contribution in [0.5, 0.6) is 0 Å². The molecular formula is C14H15N3O3. The molecule has 2 rings (SSSR count). The van der Waals surface area contributed by atoms with E-state index in [1.807, 2.05) is 30.3 Å². The summed E-state index contributed by atoms with van der Waals surface area (Å²) >= 11 is 0. The third-order valence-corrected chi connectivity index (χ3v) is 2.95. The first kappa shape index (κ1) is 13.8. The highest BCUT2D eigenvalue weighted by Gasteiger charge is 2.22. The number of amides is 1. The van der Waals surface area contributed by atoms with Crippen LogP contribution in [0.3, 0.4) is 0 Å². The van der Waals surface area contributed by atoms with E-state index in [2.05, 4.69) is 5.10 Å². The number of ether oxygens (including phenoxy) is 1. The summed E-state index contributed by atoms with van der Waals surface area (Å²) in [6, 6.07) is 10.8. The maximum Gasteiger partial charge on any atom is 0.315 e. The Morgan fingerprint density at radius 3 is 2.55 bits per heavy atom. The van der Waals surface area contributed by atoms with Crippen molar-refractivity contribution >= 4 is 11.9 Å². The minimum atomic E-state index is -0.599. The number of hydrogen-bond acceptors (Lipinski definition) is 4. The molecule has 6 heteroatoms. The van der Waals surface area contributed by atoms with Gasteiger partial charge in [0.05, 0.1) is 13.7 Å². The summed E-state index contributed by atoms with van der Waals surface area (Å²) in [5.41, 5.74) is 6.15. The highest BCUT2D eigenvalue weighted by molar-refractivity contribution is 5.90. The molecule has 2 N–H and O–H groups in total. The fraction of sp³-hybridized carbons (Fsp3) is 0.214. The second-order valence-corrected chi connectivity index (χ2v) is 4.27. The monoisotopic (exact) mass is 273 g/mol. The third-order valence-electron chi connectivity index (χ3n) is 2.95. The number of benzene rings is 1. The average molecular weight is 273 g/mol. The van der Waals surface area contributed by atoms with E-state index < -0.39 is 11.8 Å². The first-order chi connectivity index (χ1) is 9.61. The number of hydrogen-bond donors (Lipinski definition) is 1. The molecule has 0 spiro atoms. The van der Waals surface area contributed by atoms with Gasteiger partial charge in [-0.3, -0.25) is 14.3 Å². The molecule has 0 saturated carbocycles. The fourth-order valence-electron chi connectivity index (χ4n) is 1.93. The topological polar surface area (TPSA) is 87.2 Å². The minimum absolute atomic E-state index is 0.168. The first-order valence-electron chi connectivity index (χ1n) is 6.08. The zero-order chi connectivity index (χ0) is 14.5. The number of rotatable bonds is 5. The van der Waals surface area contributed by atoms with E-state index in [4.69, 9.17) is 10.5 Å². The van der Waals surface area contributed by atoms with Gasteiger partial charge in [0, 0.05) is 6.20 Å². The number of carbonyl (C=O) groups is 2. The van der Waals surface area contributed by atoms with E-state index in [0.29, 0.717) is 0 Å². The number of methoxy groups -OCH3 is 1. The Bertz CT molecular complexity index is 607. The molecule has 0 bridgehead atoms. The third kappa shape index (κ3) is 3.03. The van der Waals surface area contributed by atoms with Crippen LogP contribution >= 0.6 is 0 Å². The van der Waals surface area contributed by atoms with Gasteiger partial charge in [0.15, 0.2) is 0 Å². The van der Waals surface area contributed by atoms with Crippen LogP contribution in [-0.2, 0) is 16.1 Å². The van der Waals surface area contributed by atoms with E-state index in [1.54, 1.807) is 6.20 Å². The van der Waals surface area contributed by atoms with Crippen LogP contribution in [0.1, 0.15) is 22.0 Å².